The summed E-state index contributed by atoms with van der Waals surface area (Å²) < 4.78 is 37.1. The Kier molecular flexibility index (Phi) is 3.33. The Balaban J connectivity index is 2.74. The van der Waals surface area contributed by atoms with Gasteiger partial charge in [-0.2, -0.15) is 13.2 Å². The van der Waals surface area contributed by atoms with Crippen LogP contribution in [0.15, 0.2) is 0 Å². The van der Waals surface area contributed by atoms with Crippen LogP contribution in [-0.4, -0.2) is 54.4 Å². The summed E-state index contributed by atoms with van der Waals surface area (Å²) in [5, 5.41) is 11.0. The lowest BCUT2D eigenvalue weighted by Gasteiger charge is -2.36. The van der Waals surface area contributed by atoms with Gasteiger partial charge in [-0.25, -0.2) is 0 Å². The Morgan fingerprint density at radius 3 is 2.71 bits per heavy atom. The van der Waals surface area contributed by atoms with E-state index in [1.54, 1.807) is 0 Å². The van der Waals surface area contributed by atoms with E-state index in [2.05, 4.69) is 5.32 Å². The van der Waals surface area contributed by atoms with E-state index in [-0.39, 0.29) is 13.1 Å². The maximum Gasteiger partial charge on any atom is 0.410 e. The highest BCUT2D eigenvalue weighted by molar-refractivity contribution is 5.77. The summed E-state index contributed by atoms with van der Waals surface area (Å²) in [6, 6.07) is -1.82. The normalized spacial score (nSPS) is 23.7. The molecule has 1 fully saturated rings. The number of rotatable bonds is 1. The quantitative estimate of drug-likeness (QED) is 0.606. The minimum absolute atomic E-state index is 0.0242. The van der Waals surface area contributed by atoms with Gasteiger partial charge in [0.15, 0.2) is 0 Å². The second kappa shape index (κ2) is 4.14. The molecule has 0 radical (unpaired) electrons. The first-order chi connectivity index (χ1) is 6.46. The van der Waals surface area contributed by atoms with Gasteiger partial charge in [0.25, 0.3) is 0 Å². The number of aliphatic hydroxyl groups is 1. The number of hydrogen-bond acceptors (Lipinski definition) is 3. The average molecular weight is 212 g/mol. The zero-order chi connectivity index (χ0) is 10.8. The molecule has 82 valence electrons. The topological polar surface area (TPSA) is 52.6 Å². The van der Waals surface area contributed by atoms with E-state index in [9.17, 15) is 18.0 Å². The molecule has 0 aromatic carbocycles. The predicted molar refractivity (Wildman–Crippen MR) is 41.5 cm³/mol. The molecule has 0 aliphatic carbocycles. The Labute approximate surface area is 78.7 Å². The summed E-state index contributed by atoms with van der Waals surface area (Å²) in [5.41, 5.74) is 0. The lowest BCUT2D eigenvalue weighted by molar-refractivity contribution is -0.193. The number of piperazine rings is 1. The third-order valence-corrected chi connectivity index (χ3v) is 2.08. The number of nitrogens with zero attached hydrogens (tertiary/aromatic N) is 1. The number of hydrogen-bond donors (Lipinski definition) is 2. The van der Waals surface area contributed by atoms with E-state index in [0.29, 0.717) is 11.4 Å². The van der Waals surface area contributed by atoms with Crippen LogP contribution < -0.4 is 5.32 Å². The van der Waals surface area contributed by atoms with Crippen LogP contribution in [0.3, 0.4) is 0 Å². The van der Waals surface area contributed by atoms with Gasteiger partial charge in [0.2, 0.25) is 5.91 Å². The molecule has 0 aromatic heterocycles. The van der Waals surface area contributed by atoms with Gasteiger partial charge in [0, 0.05) is 19.6 Å². The molecule has 1 rings (SSSR count). The number of alkyl halides is 3. The standard InChI is InChI=1S/C7H11F3N2O2/c8-7(9,10)5-3-11-1-2-12(5)6(14)4-13/h5,11,13H,1-4H2/t5-/m1/s1. The van der Waals surface area contributed by atoms with E-state index in [4.69, 9.17) is 5.11 Å². The molecule has 1 amide bonds. The van der Waals surface area contributed by atoms with Crippen LogP contribution in [-0.2, 0) is 4.79 Å². The van der Waals surface area contributed by atoms with E-state index >= 15 is 0 Å². The molecule has 1 aliphatic heterocycles. The third-order valence-electron chi connectivity index (χ3n) is 2.08. The fourth-order valence-electron chi connectivity index (χ4n) is 1.39. The van der Waals surface area contributed by atoms with Crippen LogP contribution in [0.25, 0.3) is 0 Å². The van der Waals surface area contributed by atoms with Crippen molar-refractivity contribution in [1.29, 1.82) is 0 Å². The van der Waals surface area contributed by atoms with Crippen molar-refractivity contribution in [2.75, 3.05) is 26.2 Å². The summed E-state index contributed by atoms with van der Waals surface area (Å²) in [6.45, 7) is -0.899. The van der Waals surface area contributed by atoms with Crippen LogP contribution in [0, 0.1) is 0 Å². The highest BCUT2D eigenvalue weighted by Crippen LogP contribution is 2.25. The van der Waals surface area contributed by atoms with Crippen molar-refractivity contribution >= 4 is 5.91 Å². The molecule has 4 nitrogen and oxygen atoms in total. The lowest BCUT2D eigenvalue weighted by Crippen LogP contribution is -2.60. The zero-order valence-electron chi connectivity index (χ0n) is 7.34. The largest absolute Gasteiger partial charge is 0.410 e. The van der Waals surface area contributed by atoms with E-state index in [1.807, 2.05) is 0 Å². The Morgan fingerprint density at radius 2 is 2.21 bits per heavy atom. The molecule has 1 atom stereocenters. The van der Waals surface area contributed by atoms with Crippen LogP contribution in [0.1, 0.15) is 0 Å². The molecule has 1 aliphatic rings. The first-order valence-corrected chi connectivity index (χ1v) is 4.14. The van der Waals surface area contributed by atoms with Gasteiger partial charge < -0.3 is 15.3 Å². The monoisotopic (exact) mass is 212 g/mol. The van der Waals surface area contributed by atoms with Crippen LogP contribution in [0.2, 0.25) is 0 Å². The number of carbonyl (C=O) groups is 1. The van der Waals surface area contributed by atoms with E-state index < -0.39 is 24.7 Å². The molecule has 0 saturated carbocycles. The second-order valence-corrected chi connectivity index (χ2v) is 3.01. The van der Waals surface area contributed by atoms with Gasteiger partial charge >= 0.3 is 6.18 Å². The molecule has 1 heterocycles. The van der Waals surface area contributed by atoms with Gasteiger partial charge in [-0.15, -0.1) is 0 Å². The molecule has 14 heavy (non-hydrogen) atoms. The Morgan fingerprint density at radius 1 is 1.57 bits per heavy atom. The van der Waals surface area contributed by atoms with Gasteiger partial charge in [-0.3, -0.25) is 4.79 Å². The summed E-state index contributed by atoms with van der Waals surface area (Å²) in [5.74, 6) is -0.881. The van der Waals surface area contributed by atoms with Crippen molar-refractivity contribution in [2.24, 2.45) is 0 Å². The summed E-state index contributed by atoms with van der Waals surface area (Å²) in [6.07, 6.45) is -4.45. The van der Waals surface area contributed by atoms with Crippen molar-refractivity contribution in [3.63, 3.8) is 0 Å². The second-order valence-electron chi connectivity index (χ2n) is 3.01. The van der Waals surface area contributed by atoms with Gasteiger partial charge in [-0.1, -0.05) is 0 Å². The molecule has 7 heteroatoms. The highest BCUT2D eigenvalue weighted by Gasteiger charge is 2.46. The molecule has 1 saturated heterocycles. The molecular weight excluding hydrogens is 201 g/mol. The Bertz CT molecular complexity index is 219. The molecule has 0 aromatic rings. The number of amides is 1. The predicted octanol–water partition coefficient (Wildman–Crippen LogP) is -0.659. The number of nitrogens with one attached hydrogen (secondary N) is 1. The smallest absolute Gasteiger partial charge is 0.387 e. The molecule has 2 N–H and O–H groups in total. The molecule has 0 unspecified atom stereocenters. The first kappa shape index (κ1) is 11.3. The maximum atomic E-state index is 12.4. The summed E-state index contributed by atoms with van der Waals surface area (Å²) in [4.78, 5) is 11.6. The van der Waals surface area contributed by atoms with Crippen LogP contribution in [0.5, 0.6) is 0 Å². The fourth-order valence-corrected chi connectivity index (χ4v) is 1.39. The minimum Gasteiger partial charge on any atom is -0.387 e. The zero-order valence-corrected chi connectivity index (χ0v) is 7.34. The van der Waals surface area contributed by atoms with Gasteiger partial charge in [-0.05, 0) is 0 Å². The lowest BCUT2D eigenvalue weighted by atomic mass is 10.2. The molecular formula is C7H11F3N2O2. The third kappa shape index (κ3) is 2.36. The van der Waals surface area contributed by atoms with Crippen LogP contribution in [0.4, 0.5) is 13.2 Å². The van der Waals surface area contributed by atoms with Crippen molar-refractivity contribution in [3.8, 4) is 0 Å². The van der Waals surface area contributed by atoms with E-state index in [1.165, 1.54) is 0 Å². The number of carbonyl (C=O) groups excluding carboxylic acids is 1. The van der Waals surface area contributed by atoms with Crippen LogP contribution >= 0.6 is 0 Å². The van der Waals surface area contributed by atoms with Gasteiger partial charge in [0.1, 0.15) is 12.6 Å². The van der Waals surface area contributed by atoms with Crippen molar-refractivity contribution in [2.45, 2.75) is 12.2 Å². The Hall–Kier alpha value is -0.820. The SMILES string of the molecule is O=C(CO)N1CCNC[C@@H]1C(F)(F)F. The molecule has 0 bridgehead atoms. The highest BCUT2D eigenvalue weighted by atomic mass is 19.4. The summed E-state index contributed by atoms with van der Waals surface area (Å²) in [7, 11) is 0. The fraction of sp³-hybridized carbons (Fsp3) is 0.857. The molecule has 0 spiro atoms. The van der Waals surface area contributed by atoms with E-state index in [0.717, 1.165) is 0 Å². The number of halogens is 3. The maximum absolute atomic E-state index is 12.4. The van der Waals surface area contributed by atoms with Crippen molar-refractivity contribution < 1.29 is 23.1 Å². The van der Waals surface area contributed by atoms with Crippen molar-refractivity contribution in [1.82, 2.24) is 10.2 Å². The first-order valence-electron chi connectivity index (χ1n) is 4.14. The van der Waals surface area contributed by atoms with Crippen molar-refractivity contribution in [3.05, 3.63) is 0 Å². The number of aliphatic hydroxyl groups excluding tert-OH is 1. The average Bonchev–Trinajstić information content (AvgIpc) is 2.15. The van der Waals surface area contributed by atoms with Gasteiger partial charge in [0.05, 0.1) is 0 Å². The summed E-state index contributed by atoms with van der Waals surface area (Å²) >= 11 is 0. The minimum atomic E-state index is -4.45.